The Labute approximate surface area is 127 Å². The van der Waals surface area contributed by atoms with Crippen LogP contribution in [0.15, 0.2) is 48.5 Å². The van der Waals surface area contributed by atoms with Crippen molar-refractivity contribution in [1.82, 2.24) is 5.32 Å². The van der Waals surface area contributed by atoms with E-state index in [4.69, 9.17) is 4.74 Å². The second-order valence-electron chi connectivity index (χ2n) is 4.46. The van der Waals surface area contributed by atoms with Crippen molar-refractivity contribution in [2.24, 2.45) is 0 Å². The molecule has 0 unspecified atom stereocenters. The Hall–Kier alpha value is -2.89. The van der Waals surface area contributed by atoms with Gasteiger partial charge in [-0.2, -0.15) is 0 Å². The van der Waals surface area contributed by atoms with Crippen LogP contribution < -0.4 is 15.4 Å². The molecule has 2 amide bonds. The zero-order chi connectivity index (χ0) is 15.9. The number of amides is 2. The van der Waals surface area contributed by atoms with Crippen LogP contribution in [0.4, 0.5) is 10.1 Å². The molecule has 0 radical (unpaired) electrons. The number of hydrogen-bond donors (Lipinski definition) is 2. The van der Waals surface area contributed by atoms with E-state index in [-0.39, 0.29) is 6.54 Å². The minimum absolute atomic E-state index is 0.0540. The van der Waals surface area contributed by atoms with E-state index in [1.807, 2.05) is 0 Å². The van der Waals surface area contributed by atoms with E-state index in [9.17, 15) is 14.0 Å². The molecule has 0 heterocycles. The maximum absolute atomic E-state index is 13.4. The highest BCUT2D eigenvalue weighted by Crippen LogP contribution is 2.14. The Balaban J connectivity index is 1.89. The van der Waals surface area contributed by atoms with Gasteiger partial charge in [-0.15, -0.1) is 0 Å². The summed E-state index contributed by atoms with van der Waals surface area (Å²) in [6.07, 6.45) is 0. The molecular formula is C16H15FN2O3. The van der Waals surface area contributed by atoms with Crippen LogP contribution in [0, 0.1) is 5.82 Å². The summed E-state index contributed by atoms with van der Waals surface area (Å²) in [5, 5.41) is 4.81. The highest BCUT2D eigenvalue weighted by atomic mass is 19.1. The van der Waals surface area contributed by atoms with Crippen molar-refractivity contribution in [1.29, 1.82) is 0 Å². The summed E-state index contributed by atoms with van der Waals surface area (Å²) in [5.41, 5.74) is 0.778. The van der Waals surface area contributed by atoms with Gasteiger partial charge < -0.3 is 15.4 Å². The molecule has 2 N–H and O–H groups in total. The van der Waals surface area contributed by atoms with Crippen molar-refractivity contribution >= 4 is 17.5 Å². The third kappa shape index (κ3) is 4.05. The summed E-state index contributed by atoms with van der Waals surface area (Å²) < 4.78 is 18.4. The molecule has 0 aliphatic carbocycles. The van der Waals surface area contributed by atoms with Crippen LogP contribution >= 0.6 is 0 Å². The molecule has 0 aliphatic heterocycles. The van der Waals surface area contributed by atoms with E-state index in [0.717, 1.165) is 0 Å². The number of nitrogens with one attached hydrogen (secondary N) is 2. The molecule has 0 saturated carbocycles. The third-order valence-corrected chi connectivity index (χ3v) is 2.95. The van der Waals surface area contributed by atoms with Gasteiger partial charge in [-0.05, 0) is 30.3 Å². The smallest absolute Gasteiger partial charge is 0.313 e. The van der Waals surface area contributed by atoms with Crippen molar-refractivity contribution in [2.75, 3.05) is 12.4 Å². The van der Waals surface area contributed by atoms with Crippen molar-refractivity contribution in [3.63, 3.8) is 0 Å². The van der Waals surface area contributed by atoms with Crippen LogP contribution in [0.3, 0.4) is 0 Å². The fourth-order valence-corrected chi connectivity index (χ4v) is 1.76. The van der Waals surface area contributed by atoms with Crippen molar-refractivity contribution in [3.05, 3.63) is 59.9 Å². The number of methoxy groups -OCH3 is 1. The molecule has 0 fully saturated rings. The molecule has 5 nitrogen and oxygen atoms in total. The quantitative estimate of drug-likeness (QED) is 0.850. The van der Waals surface area contributed by atoms with Crippen LogP contribution in [0.2, 0.25) is 0 Å². The first-order valence-electron chi connectivity index (χ1n) is 6.57. The summed E-state index contributed by atoms with van der Waals surface area (Å²) in [7, 11) is 1.53. The van der Waals surface area contributed by atoms with Gasteiger partial charge in [0.25, 0.3) is 0 Å². The molecule has 0 aliphatic rings. The first-order valence-corrected chi connectivity index (χ1v) is 6.57. The molecular weight excluding hydrogens is 287 g/mol. The predicted octanol–water partition coefficient (Wildman–Crippen LogP) is 2.09. The van der Waals surface area contributed by atoms with Gasteiger partial charge >= 0.3 is 11.8 Å². The Morgan fingerprint density at radius 3 is 2.36 bits per heavy atom. The zero-order valence-corrected chi connectivity index (χ0v) is 11.9. The number of hydrogen-bond acceptors (Lipinski definition) is 3. The van der Waals surface area contributed by atoms with Gasteiger partial charge in [0.1, 0.15) is 11.6 Å². The molecule has 2 aromatic carbocycles. The van der Waals surface area contributed by atoms with Gasteiger partial charge in [-0.3, -0.25) is 9.59 Å². The molecule has 6 heteroatoms. The zero-order valence-electron chi connectivity index (χ0n) is 11.9. The fraction of sp³-hybridized carbons (Fsp3) is 0.125. The van der Waals surface area contributed by atoms with Gasteiger partial charge in [0, 0.05) is 17.8 Å². The van der Waals surface area contributed by atoms with E-state index in [1.54, 1.807) is 36.4 Å². The number of carbonyl (C=O) groups is 2. The number of benzene rings is 2. The number of rotatable bonds is 4. The van der Waals surface area contributed by atoms with Crippen LogP contribution in [0.25, 0.3) is 0 Å². The number of carbonyl (C=O) groups excluding carboxylic acids is 2. The lowest BCUT2D eigenvalue weighted by Gasteiger charge is -2.07. The molecule has 2 aromatic rings. The number of anilines is 1. The molecule has 0 aromatic heterocycles. The molecule has 114 valence electrons. The lowest BCUT2D eigenvalue weighted by molar-refractivity contribution is -0.136. The average Bonchev–Trinajstić information content (AvgIpc) is 2.54. The normalized spacial score (nSPS) is 9.91. The van der Waals surface area contributed by atoms with Gasteiger partial charge in [-0.1, -0.05) is 18.2 Å². The van der Waals surface area contributed by atoms with E-state index in [2.05, 4.69) is 10.6 Å². The lowest BCUT2D eigenvalue weighted by atomic mass is 10.2. The fourth-order valence-electron chi connectivity index (χ4n) is 1.76. The molecule has 0 atom stereocenters. The lowest BCUT2D eigenvalue weighted by Crippen LogP contribution is -2.35. The Morgan fingerprint density at radius 2 is 1.73 bits per heavy atom. The second-order valence-corrected chi connectivity index (χ2v) is 4.46. The monoisotopic (exact) mass is 302 g/mol. The first-order chi connectivity index (χ1) is 10.6. The summed E-state index contributed by atoms with van der Waals surface area (Å²) >= 11 is 0. The van der Waals surface area contributed by atoms with Crippen LogP contribution in [0.5, 0.6) is 5.75 Å². The summed E-state index contributed by atoms with van der Waals surface area (Å²) in [6, 6.07) is 12.6. The molecule has 2 rings (SSSR count). The van der Waals surface area contributed by atoms with Crippen molar-refractivity contribution in [3.8, 4) is 5.75 Å². The number of ether oxygens (including phenoxy) is 1. The number of halogens is 1. The highest BCUT2D eigenvalue weighted by Gasteiger charge is 2.14. The molecule has 0 spiro atoms. The molecule has 22 heavy (non-hydrogen) atoms. The van der Waals surface area contributed by atoms with E-state index in [1.165, 1.54) is 19.2 Å². The van der Waals surface area contributed by atoms with E-state index >= 15 is 0 Å². The van der Waals surface area contributed by atoms with Crippen LogP contribution in [-0.2, 0) is 16.1 Å². The third-order valence-electron chi connectivity index (χ3n) is 2.95. The Morgan fingerprint density at radius 1 is 1.05 bits per heavy atom. The molecule has 0 saturated heterocycles. The van der Waals surface area contributed by atoms with Crippen molar-refractivity contribution < 1.29 is 18.7 Å². The SMILES string of the molecule is COc1ccc(NC(=O)C(=O)NCc2ccccc2F)cc1. The maximum atomic E-state index is 13.4. The van der Waals surface area contributed by atoms with Crippen LogP contribution in [0.1, 0.15) is 5.56 Å². The topological polar surface area (TPSA) is 67.4 Å². The predicted molar refractivity (Wildman–Crippen MR) is 79.9 cm³/mol. The second kappa shape index (κ2) is 7.21. The maximum Gasteiger partial charge on any atom is 0.313 e. The Kier molecular flexibility index (Phi) is 5.08. The molecule has 0 bridgehead atoms. The van der Waals surface area contributed by atoms with Gasteiger partial charge in [0.2, 0.25) is 0 Å². The minimum Gasteiger partial charge on any atom is -0.497 e. The Bertz CT molecular complexity index is 671. The van der Waals surface area contributed by atoms with Gasteiger partial charge in [-0.25, -0.2) is 4.39 Å². The highest BCUT2D eigenvalue weighted by molar-refractivity contribution is 6.39. The average molecular weight is 302 g/mol. The van der Waals surface area contributed by atoms with Gasteiger partial charge in [0.05, 0.1) is 7.11 Å². The minimum atomic E-state index is -0.834. The van der Waals surface area contributed by atoms with E-state index < -0.39 is 17.6 Å². The standard InChI is InChI=1S/C16H15FN2O3/c1-22-13-8-6-12(7-9-13)19-16(21)15(20)18-10-11-4-2-3-5-14(11)17/h2-9H,10H2,1H3,(H,18,20)(H,19,21). The van der Waals surface area contributed by atoms with Crippen LogP contribution in [-0.4, -0.2) is 18.9 Å². The summed E-state index contributed by atoms with van der Waals surface area (Å²) in [4.78, 5) is 23.4. The van der Waals surface area contributed by atoms with E-state index in [0.29, 0.717) is 17.0 Å². The first kappa shape index (κ1) is 15.5. The summed E-state index contributed by atoms with van der Waals surface area (Å²) in [5.74, 6) is -1.44. The largest absolute Gasteiger partial charge is 0.497 e. The van der Waals surface area contributed by atoms with Crippen molar-refractivity contribution in [2.45, 2.75) is 6.54 Å². The summed E-state index contributed by atoms with van der Waals surface area (Å²) in [6.45, 7) is -0.0540. The van der Waals surface area contributed by atoms with Gasteiger partial charge in [0.15, 0.2) is 0 Å².